The Labute approximate surface area is 207 Å². The molecule has 4 rings (SSSR count). The van der Waals surface area contributed by atoms with Crippen LogP contribution in [0.4, 0.5) is 10.5 Å². The lowest BCUT2D eigenvalue weighted by Crippen LogP contribution is -2.36. The van der Waals surface area contributed by atoms with Crippen molar-refractivity contribution in [2.24, 2.45) is 0 Å². The van der Waals surface area contributed by atoms with Crippen molar-refractivity contribution in [3.05, 3.63) is 81.4 Å². The van der Waals surface area contributed by atoms with Crippen molar-refractivity contribution in [2.45, 2.75) is 0 Å². The summed E-state index contributed by atoms with van der Waals surface area (Å²) in [5, 5.41) is 2.12. The molecule has 1 N–H and O–H groups in total. The van der Waals surface area contributed by atoms with E-state index >= 15 is 0 Å². The van der Waals surface area contributed by atoms with Gasteiger partial charge >= 0.3 is 5.97 Å². The van der Waals surface area contributed by atoms with Gasteiger partial charge in [-0.3, -0.25) is 19.3 Å². The van der Waals surface area contributed by atoms with Crippen LogP contribution in [-0.2, 0) is 14.3 Å². The number of ether oxygens (including phenoxy) is 1. The molecule has 172 valence electrons. The summed E-state index contributed by atoms with van der Waals surface area (Å²) in [6.07, 6.45) is 1.46. The third-order valence-electron chi connectivity index (χ3n) is 4.79. The highest BCUT2D eigenvalue weighted by Gasteiger charge is 2.36. The molecule has 0 spiro atoms. The van der Waals surface area contributed by atoms with Crippen molar-refractivity contribution < 1.29 is 28.3 Å². The van der Waals surface area contributed by atoms with Crippen LogP contribution in [0, 0.1) is 0 Å². The van der Waals surface area contributed by atoms with Gasteiger partial charge in [0.15, 0.2) is 0 Å². The number of thioether (sulfide) groups is 1. The fourth-order valence-corrected chi connectivity index (χ4v) is 4.20. The van der Waals surface area contributed by atoms with Crippen LogP contribution in [0.5, 0.6) is 0 Å². The highest BCUT2D eigenvalue weighted by molar-refractivity contribution is 9.10. The molecule has 1 fully saturated rings. The van der Waals surface area contributed by atoms with Gasteiger partial charge in [0.2, 0.25) is 5.91 Å². The van der Waals surface area contributed by atoms with Gasteiger partial charge in [0.1, 0.15) is 18.1 Å². The van der Waals surface area contributed by atoms with Crippen molar-refractivity contribution in [1.82, 2.24) is 4.90 Å². The quantitative estimate of drug-likeness (QED) is 0.339. The first kappa shape index (κ1) is 23.5. The third-order valence-corrected chi connectivity index (χ3v) is 6.23. The normalized spacial score (nSPS) is 14.5. The number of carbonyl (C=O) groups excluding carboxylic acids is 4. The number of hydrogen-bond acceptors (Lipinski definition) is 7. The molecule has 3 amide bonds. The van der Waals surface area contributed by atoms with Crippen LogP contribution in [0.2, 0.25) is 0 Å². The number of amides is 3. The zero-order chi connectivity index (χ0) is 24.2. The van der Waals surface area contributed by atoms with Gasteiger partial charge in [0.25, 0.3) is 11.1 Å². The summed E-state index contributed by atoms with van der Waals surface area (Å²) in [5.74, 6) is -0.594. The Morgan fingerprint density at radius 2 is 1.76 bits per heavy atom. The Bertz CT molecular complexity index is 1300. The maximum absolute atomic E-state index is 12.7. The first-order valence-electron chi connectivity index (χ1n) is 9.93. The lowest BCUT2D eigenvalue weighted by Gasteiger charge is -2.12. The number of nitrogens with one attached hydrogen (secondary N) is 1. The maximum atomic E-state index is 12.7. The largest absolute Gasteiger partial charge is 0.465 e. The second kappa shape index (κ2) is 10.1. The Morgan fingerprint density at radius 3 is 2.44 bits per heavy atom. The molecule has 1 aromatic heterocycles. The minimum Gasteiger partial charge on any atom is -0.465 e. The summed E-state index contributed by atoms with van der Waals surface area (Å²) >= 11 is 4.05. The lowest BCUT2D eigenvalue weighted by molar-refractivity contribution is -0.127. The van der Waals surface area contributed by atoms with E-state index < -0.39 is 29.6 Å². The molecule has 0 aliphatic carbocycles. The molecule has 8 nitrogen and oxygen atoms in total. The minimum atomic E-state index is -0.568. The number of anilines is 1. The molecule has 1 aliphatic rings. The number of imide groups is 1. The predicted octanol–water partition coefficient (Wildman–Crippen LogP) is 5.17. The van der Waals surface area contributed by atoms with Crippen LogP contribution in [0.1, 0.15) is 16.1 Å². The fourth-order valence-electron chi connectivity index (χ4n) is 3.12. The summed E-state index contributed by atoms with van der Waals surface area (Å²) in [5.41, 5.74) is 1.69. The fraction of sp³-hybridized carbons (Fsp3) is 0.0833. The smallest absolute Gasteiger partial charge is 0.337 e. The summed E-state index contributed by atoms with van der Waals surface area (Å²) in [4.78, 5) is 50.0. The molecule has 0 atom stereocenters. The SMILES string of the molecule is COC(=O)c1ccc(-c2ccc(/C=C3/SC(=O)N(CC(=O)Nc4ccc(Br)cc4)C3=O)o2)cc1. The van der Waals surface area contributed by atoms with Crippen molar-refractivity contribution in [2.75, 3.05) is 19.0 Å². The Kier molecular flexibility index (Phi) is 6.99. The lowest BCUT2D eigenvalue weighted by atomic mass is 10.1. The monoisotopic (exact) mass is 540 g/mol. The zero-order valence-electron chi connectivity index (χ0n) is 17.7. The van der Waals surface area contributed by atoms with Crippen LogP contribution < -0.4 is 5.32 Å². The first-order chi connectivity index (χ1) is 16.3. The van der Waals surface area contributed by atoms with Crippen LogP contribution in [0.25, 0.3) is 17.4 Å². The zero-order valence-corrected chi connectivity index (χ0v) is 20.1. The van der Waals surface area contributed by atoms with E-state index in [9.17, 15) is 19.2 Å². The number of methoxy groups -OCH3 is 1. The average molecular weight is 541 g/mol. The van der Waals surface area contributed by atoms with Gasteiger partial charge in [0, 0.05) is 21.8 Å². The van der Waals surface area contributed by atoms with Gasteiger partial charge in [-0.05, 0) is 60.3 Å². The molecular formula is C24H17BrN2O6S. The standard InChI is InChI=1S/C24H17BrN2O6S/c1-32-23(30)15-4-2-14(3-5-15)19-11-10-18(33-19)12-20-22(29)27(24(31)34-20)13-21(28)26-17-8-6-16(25)7-9-17/h2-12H,13H2,1H3,(H,26,28)/b20-12+. The third kappa shape index (κ3) is 5.29. The van der Waals surface area contributed by atoms with E-state index in [4.69, 9.17) is 4.42 Å². The number of nitrogens with zero attached hydrogens (tertiary/aromatic N) is 1. The van der Waals surface area contributed by atoms with Crippen LogP contribution >= 0.6 is 27.7 Å². The number of furan rings is 1. The van der Waals surface area contributed by atoms with Gasteiger partial charge in [-0.25, -0.2) is 4.79 Å². The topological polar surface area (TPSA) is 106 Å². The average Bonchev–Trinajstić information content (AvgIpc) is 3.40. The van der Waals surface area contributed by atoms with E-state index in [-0.39, 0.29) is 4.91 Å². The molecule has 0 radical (unpaired) electrons. The van der Waals surface area contributed by atoms with Gasteiger partial charge in [-0.2, -0.15) is 0 Å². The molecular weight excluding hydrogens is 524 g/mol. The van der Waals surface area contributed by atoms with Crippen molar-refractivity contribution in [3.8, 4) is 11.3 Å². The van der Waals surface area contributed by atoms with Gasteiger partial charge in [-0.15, -0.1) is 0 Å². The Balaban J connectivity index is 1.43. The molecule has 2 heterocycles. The number of hydrogen-bond donors (Lipinski definition) is 1. The van der Waals surface area contributed by atoms with Crippen molar-refractivity contribution in [1.29, 1.82) is 0 Å². The molecule has 0 saturated carbocycles. The van der Waals surface area contributed by atoms with E-state index in [0.717, 1.165) is 26.7 Å². The highest BCUT2D eigenvalue weighted by atomic mass is 79.9. The molecule has 34 heavy (non-hydrogen) atoms. The van der Waals surface area contributed by atoms with Gasteiger partial charge in [-0.1, -0.05) is 28.1 Å². The van der Waals surface area contributed by atoms with E-state index in [1.165, 1.54) is 13.2 Å². The van der Waals surface area contributed by atoms with Crippen LogP contribution in [-0.4, -0.2) is 41.6 Å². The summed E-state index contributed by atoms with van der Waals surface area (Å²) < 4.78 is 11.3. The summed E-state index contributed by atoms with van der Waals surface area (Å²) in [7, 11) is 1.31. The Morgan fingerprint density at radius 1 is 1.06 bits per heavy atom. The van der Waals surface area contributed by atoms with E-state index in [0.29, 0.717) is 22.8 Å². The number of benzene rings is 2. The molecule has 1 saturated heterocycles. The highest BCUT2D eigenvalue weighted by Crippen LogP contribution is 2.33. The van der Waals surface area contributed by atoms with Crippen molar-refractivity contribution >= 4 is 62.5 Å². The van der Waals surface area contributed by atoms with E-state index in [1.807, 2.05) is 0 Å². The van der Waals surface area contributed by atoms with Gasteiger partial charge < -0.3 is 14.5 Å². The second-order valence-electron chi connectivity index (χ2n) is 7.09. The Hall–Kier alpha value is -3.63. The van der Waals surface area contributed by atoms with Crippen molar-refractivity contribution in [3.63, 3.8) is 0 Å². The molecule has 3 aromatic rings. The van der Waals surface area contributed by atoms with Crippen LogP contribution in [0.3, 0.4) is 0 Å². The van der Waals surface area contributed by atoms with E-state index in [2.05, 4.69) is 26.0 Å². The molecule has 0 unspecified atom stereocenters. The number of esters is 1. The van der Waals surface area contributed by atoms with E-state index in [1.54, 1.807) is 60.7 Å². The molecule has 0 bridgehead atoms. The first-order valence-corrected chi connectivity index (χ1v) is 11.5. The molecule has 2 aromatic carbocycles. The molecule has 1 aliphatic heterocycles. The van der Waals surface area contributed by atoms with Crippen LogP contribution in [0.15, 0.2) is 74.5 Å². The summed E-state index contributed by atoms with van der Waals surface area (Å²) in [6.45, 7) is -0.395. The number of halogens is 1. The summed E-state index contributed by atoms with van der Waals surface area (Å²) in [6, 6.07) is 17.0. The maximum Gasteiger partial charge on any atom is 0.337 e. The second-order valence-corrected chi connectivity index (χ2v) is 9.00. The number of rotatable bonds is 6. The number of carbonyl (C=O) groups is 4. The van der Waals surface area contributed by atoms with Gasteiger partial charge in [0.05, 0.1) is 17.6 Å². The predicted molar refractivity (Wildman–Crippen MR) is 131 cm³/mol. The minimum absolute atomic E-state index is 0.156. The molecule has 10 heteroatoms.